The Bertz CT molecular complexity index is 443. The highest BCUT2D eigenvalue weighted by Gasteiger charge is 2.30. The Morgan fingerprint density at radius 2 is 1.88 bits per heavy atom. The van der Waals surface area contributed by atoms with Crippen molar-refractivity contribution in [2.45, 2.75) is 18.8 Å². The number of hydrogen-bond donors (Lipinski definition) is 0. The summed E-state index contributed by atoms with van der Waals surface area (Å²) in [5.74, 6) is -2.19. The van der Waals surface area contributed by atoms with Crippen molar-refractivity contribution in [3.63, 3.8) is 0 Å². The Morgan fingerprint density at radius 3 is 2.50 bits per heavy atom. The molecular formula is C11H8ClFO3. The van der Waals surface area contributed by atoms with E-state index in [0.717, 1.165) is 0 Å². The topological polar surface area (TPSA) is 43.4 Å². The molecule has 1 aliphatic rings. The summed E-state index contributed by atoms with van der Waals surface area (Å²) in [5.41, 5.74) is 0.289. The van der Waals surface area contributed by atoms with Crippen LogP contribution < -0.4 is 0 Å². The van der Waals surface area contributed by atoms with E-state index in [4.69, 9.17) is 11.6 Å². The van der Waals surface area contributed by atoms with Gasteiger partial charge in [-0.3, -0.25) is 9.59 Å². The van der Waals surface area contributed by atoms with Gasteiger partial charge in [0.25, 0.3) is 0 Å². The van der Waals surface area contributed by atoms with Crippen LogP contribution in [0.15, 0.2) is 18.2 Å². The average Bonchev–Trinajstić information content (AvgIpc) is 2.20. The zero-order valence-corrected chi connectivity index (χ0v) is 8.96. The first-order valence-corrected chi connectivity index (χ1v) is 5.12. The molecule has 0 aromatic heterocycles. The van der Waals surface area contributed by atoms with Crippen LogP contribution in [0.25, 0.3) is 0 Å². The highest BCUT2D eigenvalue weighted by molar-refractivity contribution is 6.30. The van der Waals surface area contributed by atoms with Gasteiger partial charge in [0.1, 0.15) is 5.82 Å². The Morgan fingerprint density at radius 1 is 1.25 bits per heavy atom. The molecule has 0 unspecified atom stereocenters. The average molecular weight is 243 g/mol. The summed E-state index contributed by atoms with van der Waals surface area (Å²) in [6.45, 7) is 0. The van der Waals surface area contributed by atoms with Crippen LogP contribution in [-0.2, 0) is 14.3 Å². The first-order valence-electron chi connectivity index (χ1n) is 4.74. The number of benzene rings is 1. The Labute approximate surface area is 96.2 Å². The van der Waals surface area contributed by atoms with Gasteiger partial charge in [-0.1, -0.05) is 11.6 Å². The van der Waals surface area contributed by atoms with Crippen LogP contribution in [-0.4, -0.2) is 11.9 Å². The van der Waals surface area contributed by atoms with Crippen molar-refractivity contribution in [3.05, 3.63) is 34.6 Å². The summed E-state index contributed by atoms with van der Waals surface area (Å²) in [4.78, 5) is 22.1. The number of halogens is 2. The molecule has 84 valence electrons. The van der Waals surface area contributed by atoms with Crippen LogP contribution in [0, 0.1) is 5.82 Å². The van der Waals surface area contributed by atoms with Crippen LogP contribution >= 0.6 is 11.6 Å². The molecule has 0 saturated carbocycles. The maximum absolute atomic E-state index is 13.5. The molecule has 0 radical (unpaired) electrons. The van der Waals surface area contributed by atoms with E-state index in [1.54, 1.807) is 0 Å². The van der Waals surface area contributed by atoms with E-state index in [9.17, 15) is 14.0 Å². The third-order valence-electron chi connectivity index (χ3n) is 2.45. The van der Waals surface area contributed by atoms with Gasteiger partial charge in [0, 0.05) is 10.9 Å². The number of esters is 2. The van der Waals surface area contributed by atoms with Crippen molar-refractivity contribution in [2.24, 2.45) is 0 Å². The van der Waals surface area contributed by atoms with Crippen molar-refractivity contribution in [1.82, 2.24) is 0 Å². The first kappa shape index (κ1) is 11.1. The van der Waals surface area contributed by atoms with Gasteiger partial charge in [-0.2, -0.15) is 0 Å². The Hall–Kier alpha value is -1.42. The normalized spacial score (nSPS) is 17.4. The van der Waals surface area contributed by atoms with Gasteiger partial charge < -0.3 is 4.74 Å². The van der Waals surface area contributed by atoms with Crippen molar-refractivity contribution < 1.29 is 18.7 Å². The lowest BCUT2D eigenvalue weighted by Gasteiger charge is -2.20. The minimum atomic E-state index is -0.624. The minimum absolute atomic E-state index is 0.00298. The third kappa shape index (κ3) is 2.22. The zero-order valence-electron chi connectivity index (χ0n) is 8.20. The summed E-state index contributed by atoms with van der Waals surface area (Å²) in [6, 6.07) is 4.08. The lowest BCUT2D eigenvalue weighted by atomic mass is 9.91. The molecule has 0 spiro atoms. The summed E-state index contributed by atoms with van der Waals surface area (Å²) >= 11 is 5.74. The monoisotopic (exact) mass is 242 g/mol. The van der Waals surface area contributed by atoms with Crippen molar-refractivity contribution in [2.75, 3.05) is 0 Å². The van der Waals surface area contributed by atoms with Crippen molar-refractivity contribution in [1.29, 1.82) is 0 Å². The van der Waals surface area contributed by atoms with Gasteiger partial charge in [-0.05, 0) is 23.8 Å². The Balaban J connectivity index is 2.32. The van der Waals surface area contributed by atoms with Crippen LogP contribution in [0.3, 0.4) is 0 Å². The number of cyclic esters (lactones) is 2. The predicted octanol–water partition coefficient (Wildman–Crippen LogP) is 2.43. The second-order valence-corrected chi connectivity index (χ2v) is 4.05. The number of hydrogen-bond acceptors (Lipinski definition) is 3. The molecule has 1 saturated heterocycles. The van der Waals surface area contributed by atoms with E-state index in [1.165, 1.54) is 18.2 Å². The lowest BCUT2D eigenvalue weighted by molar-refractivity contribution is -0.163. The quantitative estimate of drug-likeness (QED) is 0.561. The molecule has 5 heteroatoms. The first-order chi connectivity index (χ1) is 7.56. The van der Waals surface area contributed by atoms with E-state index in [0.29, 0.717) is 5.02 Å². The molecule has 1 heterocycles. The van der Waals surface area contributed by atoms with Crippen LogP contribution in [0.5, 0.6) is 0 Å². The second-order valence-electron chi connectivity index (χ2n) is 3.62. The number of ether oxygens (including phenoxy) is 1. The molecule has 2 rings (SSSR count). The van der Waals surface area contributed by atoms with Gasteiger partial charge in [-0.25, -0.2) is 4.39 Å². The smallest absolute Gasteiger partial charge is 0.314 e. The third-order valence-corrected chi connectivity index (χ3v) is 2.69. The standard InChI is InChI=1S/C11H8ClFO3/c12-7-1-2-9(13)8(5-7)6-3-10(14)16-11(15)4-6/h1-2,5-6H,3-4H2. The molecule has 0 bridgehead atoms. The number of rotatable bonds is 1. The summed E-state index contributed by atoms with van der Waals surface area (Å²) < 4.78 is 17.9. The van der Waals surface area contributed by atoms with E-state index in [1.807, 2.05) is 0 Å². The molecule has 1 fully saturated rings. The Kier molecular flexibility index (Phi) is 2.92. The fourth-order valence-corrected chi connectivity index (χ4v) is 1.91. The molecule has 16 heavy (non-hydrogen) atoms. The van der Waals surface area contributed by atoms with E-state index in [-0.39, 0.29) is 18.4 Å². The predicted molar refractivity (Wildman–Crippen MR) is 54.5 cm³/mol. The van der Waals surface area contributed by atoms with Crippen molar-refractivity contribution in [3.8, 4) is 0 Å². The van der Waals surface area contributed by atoms with E-state index in [2.05, 4.69) is 4.74 Å². The molecule has 0 aliphatic carbocycles. The SMILES string of the molecule is O=C1CC(c2cc(Cl)ccc2F)CC(=O)O1. The highest BCUT2D eigenvalue weighted by atomic mass is 35.5. The van der Waals surface area contributed by atoms with Crippen LogP contribution in [0.2, 0.25) is 5.02 Å². The van der Waals surface area contributed by atoms with Gasteiger partial charge in [-0.15, -0.1) is 0 Å². The number of carbonyl (C=O) groups excluding carboxylic acids is 2. The highest BCUT2D eigenvalue weighted by Crippen LogP contribution is 2.31. The lowest BCUT2D eigenvalue weighted by Crippen LogP contribution is -2.24. The molecule has 0 atom stereocenters. The van der Waals surface area contributed by atoms with Crippen LogP contribution in [0.1, 0.15) is 24.3 Å². The van der Waals surface area contributed by atoms with Gasteiger partial charge in [0.05, 0.1) is 12.8 Å². The maximum Gasteiger partial charge on any atom is 0.314 e. The van der Waals surface area contributed by atoms with Gasteiger partial charge in [0.15, 0.2) is 0 Å². The molecule has 0 amide bonds. The molecule has 0 N–H and O–H groups in total. The molecule has 1 aromatic rings. The number of carbonyl (C=O) groups is 2. The summed E-state index contributed by atoms with van der Waals surface area (Å²) in [6.07, 6.45) is 0.00596. The fourth-order valence-electron chi connectivity index (χ4n) is 1.73. The van der Waals surface area contributed by atoms with E-state index < -0.39 is 23.7 Å². The van der Waals surface area contributed by atoms with Crippen LogP contribution in [0.4, 0.5) is 4.39 Å². The molecule has 3 nitrogen and oxygen atoms in total. The summed E-state index contributed by atoms with van der Waals surface area (Å²) in [5, 5.41) is 0.378. The maximum atomic E-state index is 13.5. The van der Waals surface area contributed by atoms with E-state index >= 15 is 0 Å². The van der Waals surface area contributed by atoms with Gasteiger partial charge >= 0.3 is 11.9 Å². The second kappa shape index (κ2) is 4.22. The molecule has 1 aromatic carbocycles. The largest absolute Gasteiger partial charge is 0.393 e. The van der Waals surface area contributed by atoms with Gasteiger partial charge in [0.2, 0.25) is 0 Å². The van der Waals surface area contributed by atoms with Crippen molar-refractivity contribution >= 4 is 23.5 Å². The fraction of sp³-hybridized carbons (Fsp3) is 0.273. The minimum Gasteiger partial charge on any atom is -0.393 e. The molecular weight excluding hydrogens is 235 g/mol. The summed E-state index contributed by atoms with van der Waals surface area (Å²) in [7, 11) is 0. The zero-order chi connectivity index (χ0) is 11.7. The molecule has 1 aliphatic heterocycles.